The van der Waals surface area contributed by atoms with Crippen molar-refractivity contribution in [1.82, 2.24) is 4.90 Å². The van der Waals surface area contributed by atoms with E-state index < -0.39 is 29.9 Å². The number of oxime groups is 1. The van der Waals surface area contributed by atoms with Gasteiger partial charge in [-0.15, -0.1) is 0 Å². The number of hydrogen-bond donors (Lipinski definition) is 0. The average Bonchev–Trinajstić information content (AvgIpc) is 2.64. The third-order valence-corrected chi connectivity index (χ3v) is 4.42. The lowest BCUT2D eigenvalue weighted by molar-refractivity contribution is -0.121. The number of urea groups is 1. The van der Waals surface area contributed by atoms with Gasteiger partial charge in [0, 0.05) is 24.7 Å². The van der Waals surface area contributed by atoms with Crippen LogP contribution in [0, 0.1) is 5.82 Å². The van der Waals surface area contributed by atoms with Crippen molar-refractivity contribution in [2.24, 2.45) is 5.16 Å². The molecule has 156 valence electrons. The molecular weight excluding hydrogens is 411 g/mol. The van der Waals surface area contributed by atoms with Crippen LogP contribution in [0.25, 0.3) is 0 Å². The van der Waals surface area contributed by atoms with Gasteiger partial charge in [0.25, 0.3) is 5.92 Å². The molecule has 0 radical (unpaired) electrons. The number of benzene rings is 1. The second-order valence-corrected chi connectivity index (χ2v) is 6.70. The fourth-order valence-electron chi connectivity index (χ4n) is 2.53. The van der Waals surface area contributed by atoms with Crippen LogP contribution < -0.4 is 4.90 Å². The number of carbonyl (C=O) groups is 2. The third-order valence-electron chi connectivity index (χ3n) is 4.09. The van der Waals surface area contributed by atoms with Crippen molar-refractivity contribution in [2.75, 3.05) is 18.6 Å². The Morgan fingerprint density at radius 3 is 2.66 bits per heavy atom. The normalized spacial score (nSPS) is 15.2. The summed E-state index contributed by atoms with van der Waals surface area (Å²) >= 11 is 5.98. The van der Waals surface area contributed by atoms with Gasteiger partial charge in [-0.05, 0) is 25.1 Å². The van der Waals surface area contributed by atoms with E-state index in [0.717, 1.165) is 28.2 Å². The number of amides is 2. The van der Waals surface area contributed by atoms with Crippen LogP contribution in [0.4, 0.5) is 23.7 Å². The summed E-state index contributed by atoms with van der Waals surface area (Å²) in [6, 6.07) is 1.24. The Bertz CT molecular complexity index is 915. The maximum absolute atomic E-state index is 14.6. The summed E-state index contributed by atoms with van der Waals surface area (Å²) in [5, 5.41) is 3.54. The highest BCUT2D eigenvalue weighted by molar-refractivity contribution is 6.33. The molecule has 2 amide bonds. The Morgan fingerprint density at radius 1 is 1.41 bits per heavy atom. The highest BCUT2D eigenvalue weighted by atomic mass is 35.5. The lowest BCUT2D eigenvalue weighted by Gasteiger charge is -2.37. The van der Waals surface area contributed by atoms with Crippen molar-refractivity contribution in [1.29, 1.82) is 0 Å². The first kappa shape index (κ1) is 22.5. The van der Waals surface area contributed by atoms with E-state index in [9.17, 15) is 22.8 Å². The van der Waals surface area contributed by atoms with E-state index >= 15 is 0 Å². The number of Topliss-reactive ketones (excluding diaryl/α,β-unsaturated/α-hetero) is 1. The Balaban J connectivity index is 2.44. The highest BCUT2D eigenvalue weighted by Gasteiger charge is 2.42. The van der Waals surface area contributed by atoms with Crippen molar-refractivity contribution >= 4 is 35.3 Å². The van der Waals surface area contributed by atoms with E-state index in [-0.39, 0.29) is 34.4 Å². The fraction of sp³-hybridized carbons (Fsp3) is 0.316. The molecule has 0 unspecified atom stereocenters. The van der Waals surface area contributed by atoms with E-state index in [2.05, 4.69) is 11.7 Å². The summed E-state index contributed by atoms with van der Waals surface area (Å²) in [5.41, 5.74) is -0.726. The Morgan fingerprint density at radius 2 is 2.07 bits per heavy atom. The lowest BCUT2D eigenvalue weighted by atomic mass is 10.1. The summed E-state index contributed by atoms with van der Waals surface area (Å²) in [4.78, 5) is 29.9. The van der Waals surface area contributed by atoms with Gasteiger partial charge in [-0.2, -0.15) is 8.78 Å². The summed E-state index contributed by atoms with van der Waals surface area (Å²) in [6.07, 6.45) is 1.66. The Hall–Kier alpha value is -2.81. The molecule has 0 saturated carbocycles. The first-order valence-corrected chi connectivity index (χ1v) is 8.88. The average molecular weight is 430 g/mol. The Kier molecular flexibility index (Phi) is 6.73. The molecule has 29 heavy (non-hydrogen) atoms. The second kappa shape index (κ2) is 8.69. The molecular formula is C19H19ClF3N3O3. The molecule has 0 fully saturated rings. The van der Waals surface area contributed by atoms with Crippen molar-refractivity contribution in [3.05, 3.63) is 52.6 Å². The lowest BCUT2D eigenvalue weighted by Crippen LogP contribution is -2.47. The molecule has 1 aliphatic heterocycles. The number of anilines is 1. The maximum Gasteiger partial charge on any atom is 0.333 e. The van der Waals surface area contributed by atoms with Gasteiger partial charge in [-0.1, -0.05) is 30.3 Å². The summed E-state index contributed by atoms with van der Waals surface area (Å²) in [5.74, 6) is -4.36. The summed E-state index contributed by atoms with van der Waals surface area (Å²) < 4.78 is 42.8. The number of rotatable bonds is 7. The molecule has 0 atom stereocenters. The molecule has 0 spiro atoms. The standard InChI is InChI=1S/C19H19ClF3N3O3/c1-5-19(22,23)17-6-11(2)26(18(28)25(17)4)16-7-13(14(20)8-15(16)21)9-24-29-10-12(3)27/h6-9H,2,5,10H2,1,3-4H3/b24-9+. The molecule has 0 N–H and O–H groups in total. The van der Waals surface area contributed by atoms with Gasteiger partial charge < -0.3 is 4.84 Å². The van der Waals surface area contributed by atoms with Crippen molar-refractivity contribution < 1.29 is 27.6 Å². The molecule has 1 aromatic carbocycles. The predicted molar refractivity (Wildman–Crippen MR) is 104 cm³/mol. The SMILES string of the molecule is C=C1C=C(C(F)(F)CC)N(C)C(=O)N1c1cc(/C=N/OCC(C)=O)c(Cl)cc1F. The smallest absolute Gasteiger partial charge is 0.333 e. The number of hydrogen-bond acceptors (Lipinski definition) is 4. The van der Waals surface area contributed by atoms with E-state index in [0.29, 0.717) is 0 Å². The van der Waals surface area contributed by atoms with Crippen LogP contribution in [-0.4, -0.2) is 42.5 Å². The summed E-state index contributed by atoms with van der Waals surface area (Å²) in [6.45, 7) is 5.96. The van der Waals surface area contributed by atoms with Gasteiger partial charge >= 0.3 is 6.03 Å². The number of alkyl halides is 2. The van der Waals surface area contributed by atoms with Crippen LogP contribution in [0.15, 0.2) is 41.3 Å². The van der Waals surface area contributed by atoms with Crippen molar-refractivity contribution in [3.8, 4) is 0 Å². The van der Waals surface area contributed by atoms with E-state index in [1.807, 2.05) is 0 Å². The van der Waals surface area contributed by atoms with Crippen LogP contribution in [0.5, 0.6) is 0 Å². The molecule has 1 aromatic rings. The van der Waals surface area contributed by atoms with Crippen LogP contribution in [0.1, 0.15) is 25.8 Å². The topological polar surface area (TPSA) is 62.2 Å². The van der Waals surface area contributed by atoms with Gasteiger partial charge in [0.05, 0.1) is 22.6 Å². The molecule has 0 aromatic heterocycles. The molecule has 6 nitrogen and oxygen atoms in total. The van der Waals surface area contributed by atoms with Crippen LogP contribution in [0.3, 0.4) is 0 Å². The minimum atomic E-state index is -3.25. The van der Waals surface area contributed by atoms with Crippen molar-refractivity contribution in [2.45, 2.75) is 26.2 Å². The minimum Gasteiger partial charge on any atom is -0.388 e. The molecule has 0 bridgehead atoms. The van der Waals surface area contributed by atoms with Gasteiger partial charge in [0.15, 0.2) is 12.4 Å². The largest absolute Gasteiger partial charge is 0.388 e. The van der Waals surface area contributed by atoms with Crippen LogP contribution in [0.2, 0.25) is 5.02 Å². The predicted octanol–water partition coefficient (Wildman–Crippen LogP) is 4.73. The zero-order valence-corrected chi connectivity index (χ0v) is 16.8. The zero-order chi connectivity index (χ0) is 21.9. The van der Waals surface area contributed by atoms with Gasteiger partial charge in [-0.25, -0.2) is 9.18 Å². The third kappa shape index (κ3) is 4.79. The minimum absolute atomic E-state index is 0.0291. The second-order valence-electron chi connectivity index (χ2n) is 6.29. The van der Waals surface area contributed by atoms with Crippen molar-refractivity contribution in [3.63, 3.8) is 0 Å². The highest BCUT2D eigenvalue weighted by Crippen LogP contribution is 2.37. The van der Waals surface area contributed by atoms with Crippen LogP contribution >= 0.6 is 11.6 Å². The van der Waals surface area contributed by atoms with E-state index in [4.69, 9.17) is 16.4 Å². The molecule has 10 heteroatoms. The number of nitrogens with zero attached hydrogens (tertiary/aromatic N) is 3. The molecule has 1 heterocycles. The van der Waals surface area contributed by atoms with Crippen LogP contribution in [-0.2, 0) is 9.63 Å². The molecule has 0 aliphatic carbocycles. The number of carbonyl (C=O) groups excluding carboxylic acids is 2. The first-order chi connectivity index (χ1) is 13.5. The van der Waals surface area contributed by atoms with E-state index in [1.165, 1.54) is 27.0 Å². The molecule has 1 aliphatic rings. The number of halogens is 4. The summed E-state index contributed by atoms with van der Waals surface area (Å²) in [7, 11) is 1.17. The van der Waals surface area contributed by atoms with Gasteiger partial charge in [0.1, 0.15) is 5.82 Å². The number of allylic oxidation sites excluding steroid dienone is 2. The number of ketones is 1. The monoisotopic (exact) mass is 429 g/mol. The van der Waals surface area contributed by atoms with Gasteiger partial charge in [-0.3, -0.25) is 14.6 Å². The Labute approximate surface area is 170 Å². The first-order valence-electron chi connectivity index (χ1n) is 8.50. The molecule has 2 rings (SSSR count). The fourth-order valence-corrected chi connectivity index (χ4v) is 2.73. The van der Waals surface area contributed by atoms with Gasteiger partial charge in [0.2, 0.25) is 0 Å². The maximum atomic E-state index is 14.6. The quantitative estimate of drug-likeness (QED) is 0.465. The zero-order valence-electron chi connectivity index (χ0n) is 16.0. The van der Waals surface area contributed by atoms with E-state index in [1.54, 1.807) is 0 Å². The molecule has 0 saturated heterocycles.